The van der Waals surface area contributed by atoms with E-state index in [1.165, 1.54) is 17.1 Å². The largest absolute Gasteiger partial charge is 0.343 e. The maximum absolute atomic E-state index is 13.0. The van der Waals surface area contributed by atoms with Gasteiger partial charge in [-0.2, -0.15) is 4.68 Å². The summed E-state index contributed by atoms with van der Waals surface area (Å²) in [7, 11) is 0. The van der Waals surface area contributed by atoms with Gasteiger partial charge in [-0.05, 0) is 53.6 Å². The molecule has 0 spiro atoms. The highest BCUT2D eigenvalue weighted by Gasteiger charge is 2.22. The highest BCUT2D eigenvalue weighted by atomic mass is 35.5. The Bertz CT molecular complexity index is 1480. The first-order valence-corrected chi connectivity index (χ1v) is 12.9. The molecule has 2 amide bonds. The molecule has 3 heterocycles. The lowest BCUT2D eigenvalue weighted by Crippen LogP contribution is -2.27. The molecule has 12 heteroatoms. The van der Waals surface area contributed by atoms with Crippen molar-refractivity contribution in [2.75, 3.05) is 5.32 Å². The molecule has 0 saturated heterocycles. The lowest BCUT2D eigenvalue weighted by Gasteiger charge is -2.16. The van der Waals surface area contributed by atoms with Crippen molar-refractivity contribution in [1.82, 2.24) is 35.5 Å². The summed E-state index contributed by atoms with van der Waals surface area (Å²) in [6, 6.07) is 12.2. The highest BCUT2D eigenvalue weighted by Crippen LogP contribution is 2.34. The van der Waals surface area contributed by atoms with Crippen molar-refractivity contribution >= 4 is 46.8 Å². The van der Waals surface area contributed by atoms with E-state index < -0.39 is 6.04 Å². The number of carbonyl (C=O) groups is 2. The van der Waals surface area contributed by atoms with Gasteiger partial charge < -0.3 is 15.6 Å². The lowest BCUT2D eigenvalue weighted by atomic mass is 10.1. The second-order valence-corrected chi connectivity index (χ2v) is 9.64. The minimum absolute atomic E-state index is 0.0550. The fourth-order valence-electron chi connectivity index (χ4n) is 4.34. The van der Waals surface area contributed by atoms with Gasteiger partial charge in [0.05, 0.1) is 17.4 Å². The van der Waals surface area contributed by atoms with Gasteiger partial charge in [-0.15, -0.1) is 5.10 Å². The number of fused-ring (bicyclic) bond motifs is 4. The van der Waals surface area contributed by atoms with Crippen molar-refractivity contribution in [2.24, 2.45) is 0 Å². The molecule has 1 atom stereocenters. The zero-order chi connectivity index (χ0) is 26.5. The third-order valence-electron chi connectivity index (χ3n) is 6.18. The molecule has 0 fully saturated rings. The van der Waals surface area contributed by atoms with E-state index in [0.29, 0.717) is 57.0 Å². The zero-order valence-corrected chi connectivity index (χ0v) is 21.7. The number of benzene rings is 2. The molecule has 0 saturated carbocycles. The topological polar surface area (TPSA) is 130 Å². The zero-order valence-electron chi connectivity index (χ0n) is 20.2. The number of anilines is 1. The minimum atomic E-state index is -0.409. The number of hydrogen-bond acceptors (Lipinski definition) is 6. The molecule has 1 aliphatic heterocycles. The molecule has 0 radical (unpaired) electrons. The Kier molecular flexibility index (Phi) is 7.81. The SMILES string of the molecule is O=C(/C=C/c1cc(Cl)ccc1-n1cnnn1)N[C@H]1CCCCCC(=O)Nc2ccccc2-c2nc1[nH]c2Cl. The number of nitrogens with zero attached hydrogens (tertiary/aromatic N) is 5. The van der Waals surface area contributed by atoms with Crippen LogP contribution in [0.1, 0.15) is 49.5 Å². The van der Waals surface area contributed by atoms with Crippen LogP contribution < -0.4 is 10.6 Å². The van der Waals surface area contributed by atoms with Crippen molar-refractivity contribution in [3.05, 3.63) is 76.4 Å². The Morgan fingerprint density at radius 3 is 2.84 bits per heavy atom. The molecular formula is C26H24Cl2N8O2. The van der Waals surface area contributed by atoms with Gasteiger partial charge in [0, 0.05) is 28.6 Å². The van der Waals surface area contributed by atoms with Crippen LogP contribution in [0.5, 0.6) is 0 Å². The van der Waals surface area contributed by atoms with Crippen molar-refractivity contribution in [3.63, 3.8) is 0 Å². The highest BCUT2D eigenvalue weighted by molar-refractivity contribution is 6.32. The molecule has 1 aliphatic rings. The van der Waals surface area contributed by atoms with E-state index in [9.17, 15) is 9.59 Å². The van der Waals surface area contributed by atoms with Gasteiger partial charge in [-0.3, -0.25) is 9.59 Å². The molecule has 4 aromatic rings. The van der Waals surface area contributed by atoms with Gasteiger partial charge in [0.15, 0.2) is 0 Å². The molecule has 5 rings (SSSR count). The molecular weight excluding hydrogens is 527 g/mol. The van der Waals surface area contributed by atoms with Gasteiger partial charge >= 0.3 is 0 Å². The number of tetrazole rings is 1. The molecule has 0 aliphatic carbocycles. The number of aromatic nitrogens is 6. The number of amides is 2. The Morgan fingerprint density at radius 2 is 2.00 bits per heavy atom. The maximum Gasteiger partial charge on any atom is 0.244 e. The van der Waals surface area contributed by atoms with Crippen molar-refractivity contribution in [2.45, 2.75) is 38.1 Å². The van der Waals surface area contributed by atoms with Crippen LogP contribution >= 0.6 is 23.2 Å². The smallest absolute Gasteiger partial charge is 0.244 e. The number of H-pyrrole nitrogens is 1. The molecule has 2 aromatic carbocycles. The maximum atomic E-state index is 13.0. The monoisotopic (exact) mass is 550 g/mol. The molecule has 10 nitrogen and oxygen atoms in total. The second-order valence-electron chi connectivity index (χ2n) is 8.83. The van der Waals surface area contributed by atoms with Crippen LogP contribution in [-0.2, 0) is 9.59 Å². The van der Waals surface area contributed by atoms with Gasteiger partial charge in [0.1, 0.15) is 23.0 Å². The number of para-hydroxylation sites is 1. The number of rotatable bonds is 4. The molecule has 194 valence electrons. The van der Waals surface area contributed by atoms with E-state index in [-0.39, 0.29) is 11.8 Å². The Labute approximate surface area is 228 Å². The van der Waals surface area contributed by atoms with E-state index in [2.05, 4.69) is 31.1 Å². The summed E-state index contributed by atoms with van der Waals surface area (Å²) >= 11 is 12.7. The Balaban J connectivity index is 1.41. The summed E-state index contributed by atoms with van der Waals surface area (Å²) in [5, 5.41) is 18.1. The molecule has 3 N–H and O–H groups in total. The summed E-state index contributed by atoms with van der Waals surface area (Å²) in [5.41, 5.74) is 3.20. The van der Waals surface area contributed by atoms with Crippen molar-refractivity contribution in [3.8, 4) is 16.9 Å². The van der Waals surface area contributed by atoms with Gasteiger partial charge in [0.25, 0.3) is 0 Å². The number of aromatic amines is 1. The summed E-state index contributed by atoms with van der Waals surface area (Å²) in [4.78, 5) is 33.3. The summed E-state index contributed by atoms with van der Waals surface area (Å²) in [6.45, 7) is 0. The molecule has 2 aromatic heterocycles. The van der Waals surface area contributed by atoms with E-state index in [4.69, 9.17) is 28.2 Å². The number of imidazole rings is 1. The Morgan fingerprint density at radius 1 is 1.13 bits per heavy atom. The molecule has 38 heavy (non-hydrogen) atoms. The summed E-state index contributed by atoms with van der Waals surface area (Å²) < 4.78 is 1.49. The summed E-state index contributed by atoms with van der Waals surface area (Å²) in [6.07, 6.45) is 7.96. The van der Waals surface area contributed by atoms with Crippen LogP contribution in [0.2, 0.25) is 10.2 Å². The molecule has 0 unspecified atom stereocenters. The standard InChI is InChI=1S/C26H24Cl2N8O2/c27-17-11-12-21(36-15-29-34-35-36)16(14-17)10-13-23(38)31-20-8-2-1-3-9-22(37)30-19-7-5-4-6-18(19)24-25(28)33-26(20)32-24/h4-7,10-15,20H,1-3,8-9H2,(H,30,37)(H,31,38)(H,32,33)/b13-10+/t20-/m0/s1. The minimum Gasteiger partial charge on any atom is -0.343 e. The third-order valence-corrected chi connectivity index (χ3v) is 6.69. The average molecular weight is 551 g/mol. The fourth-order valence-corrected chi connectivity index (χ4v) is 4.76. The van der Waals surface area contributed by atoms with Crippen LogP contribution in [0, 0.1) is 0 Å². The first-order valence-electron chi connectivity index (χ1n) is 12.1. The molecule has 2 bridgehead atoms. The van der Waals surface area contributed by atoms with Crippen LogP contribution in [0.3, 0.4) is 0 Å². The summed E-state index contributed by atoms with van der Waals surface area (Å²) in [5.74, 6) is 0.179. The number of carbonyl (C=O) groups excluding carboxylic acids is 2. The van der Waals surface area contributed by atoms with Crippen LogP contribution in [0.15, 0.2) is 54.9 Å². The predicted molar refractivity (Wildman–Crippen MR) is 145 cm³/mol. The van der Waals surface area contributed by atoms with Crippen LogP contribution in [-0.4, -0.2) is 42.0 Å². The Hall–Kier alpha value is -4.02. The van der Waals surface area contributed by atoms with Gasteiger partial charge in [-0.25, -0.2) is 4.98 Å². The van der Waals surface area contributed by atoms with E-state index in [1.807, 2.05) is 24.3 Å². The van der Waals surface area contributed by atoms with Crippen molar-refractivity contribution in [1.29, 1.82) is 0 Å². The normalized spacial score (nSPS) is 16.2. The number of hydrogen-bond donors (Lipinski definition) is 3. The predicted octanol–water partition coefficient (Wildman–Crippen LogP) is 5.13. The number of halogens is 2. The second kappa shape index (κ2) is 11.6. The lowest BCUT2D eigenvalue weighted by molar-refractivity contribution is -0.117. The average Bonchev–Trinajstić information content (AvgIpc) is 3.57. The fraction of sp³-hybridized carbons (Fsp3) is 0.231. The van der Waals surface area contributed by atoms with Gasteiger partial charge in [0.2, 0.25) is 11.8 Å². The third kappa shape index (κ3) is 5.92. The van der Waals surface area contributed by atoms with Crippen LogP contribution in [0.25, 0.3) is 23.0 Å². The number of nitrogens with one attached hydrogen (secondary N) is 3. The van der Waals surface area contributed by atoms with Gasteiger partial charge in [-0.1, -0.05) is 54.2 Å². The van der Waals surface area contributed by atoms with Crippen molar-refractivity contribution < 1.29 is 9.59 Å². The van der Waals surface area contributed by atoms with E-state index >= 15 is 0 Å². The first-order chi connectivity index (χ1) is 18.5. The first kappa shape index (κ1) is 25.6. The quantitative estimate of drug-likeness (QED) is 0.302. The van der Waals surface area contributed by atoms with Crippen LogP contribution in [0.4, 0.5) is 5.69 Å². The van der Waals surface area contributed by atoms with E-state index in [1.54, 1.807) is 24.3 Å². The van der Waals surface area contributed by atoms with E-state index in [0.717, 1.165) is 19.3 Å².